The van der Waals surface area contributed by atoms with Crippen LogP contribution in [0.2, 0.25) is 0 Å². The number of hydrogen-bond acceptors (Lipinski definition) is 7. The van der Waals surface area contributed by atoms with Gasteiger partial charge in [-0.3, -0.25) is 19.2 Å². The van der Waals surface area contributed by atoms with Crippen LogP contribution in [0.5, 0.6) is 0 Å². The first-order valence-corrected chi connectivity index (χ1v) is 11.4. The quantitative estimate of drug-likeness (QED) is 0.160. The normalized spacial score (nSPS) is 14.4. The Labute approximate surface area is 203 Å². The van der Waals surface area contributed by atoms with E-state index in [2.05, 4.69) is 28.6 Å². The van der Waals surface area contributed by atoms with Gasteiger partial charge in [-0.2, -0.15) is 12.6 Å². The number of carboxylic acid groups (broad SMARTS) is 1. The average molecular weight is 496 g/mol. The lowest BCUT2D eigenvalue weighted by Gasteiger charge is -2.25. The molecule has 0 spiro atoms. The summed E-state index contributed by atoms with van der Waals surface area (Å²) in [5.41, 5.74) is 12.0. The molecule has 0 aliphatic rings. The number of carbonyl (C=O) groups excluding carboxylic acids is 4. The van der Waals surface area contributed by atoms with E-state index in [-0.39, 0.29) is 25.0 Å². The molecule has 188 valence electrons. The minimum Gasteiger partial charge on any atom is -0.480 e. The van der Waals surface area contributed by atoms with Crippen LogP contribution in [-0.2, 0) is 30.4 Å². The zero-order valence-corrected chi connectivity index (χ0v) is 20.1. The molecule has 11 nitrogen and oxygen atoms in total. The molecule has 34 heavy (non-hydrogen) atoms. The number of amides is 4. The van der Waals surface area contributed by atoms with Gasteiger partial charge in [0.15, 0.2) is 0 Å². The van der Waals surface area contributed by atoms with Crippen molar-refractivity contribution in [3.05, 3.63) is 35.9 Å². The van der Waals surface area contributed by atoms with E-state index in [1.54, 1.807) is 26.0 Å². The standard InChI is InChI=1S/C22H33N5O6S/c1-12(2)18(22(32)33)27-21(31)16(11-34)26-20(30)15(8-9-17(24)28)25-19(29)14(23)10-13-6-4-3-5-7-13/h3-7,12,14-16,18,34H,8-11,23H2,1-2H3,(H2,24,28)(H,25,29)(H,26,30)(H,27,31)(H,32,33). The first-order chi connectivity index (χ1) is 16.0. The average Bonchev–Trinajstić information content (AvgIpc) is 2.77. The van der Waals surface area contributed by atoms with Gasteiger partial charge in [0.25, 0.3) is 0 Å². The van der Waals surface area contributed by atoms with Crippen LogP contribution in [0.3, 0.4) is 0 Å². The highest BCUT2D eigenvalue weighted by atomic mass is 32.1. The van der Waals surface area contributed by atoms with E-state index in [9.17, 15) is 29.1 Å². The third-order valence-corrected chi connectivity index (χ3v) is 5.36. The fraction of sp³-hybridized carbons (Fsp3) is 0.500. The van der Waals surface area contributed by atoms with Gasteiger partial charge in [-0.25, -0.2) is 4.79 Å². The molecule has 8 N–H and O–H groups in total. The smallest absolute Gasteiger partial charge is 0.326 e. The molecule has 0 fully saturated rings. The molecule has 0 aromatic heterocycles. The number of hydrogen-bond donors (Lipinski definition) is 7. The Morgan fingerprint density at radius 1 is 0.941 bits per heavy atom. The summed E-state index contributed by atoms with van der Waals surface area (Å²) in [7, 11) is 0. The van der Waals surface area contributed by atoms with Crippen molar-refractivity contribution in [1.29, 1.82) is 0 Å². The Bertz CT molecular complexity index is 867. The monoisotopic (exact) mass is 495 g/mol. The minimum absolute atomic E-state index is 0.115. The van der Waals surface area contributed by atoms with Gasteiger partial charge < -0.3 is 32.5 Å². The predicted octanol–water partition coefficient (Wildman–Crippen LogP) is -1.05. The van der Waals surface area contributed by atoms with Crippen LogP contribution in [-0.4, -0.2) is 64.6 Å². The summed E-state index contributed by atoms with van der Waals surface area (Å²) in [6.45, 7) is 3.25. The number of nitrogens with one attached hydrogen (secondary N) is 3. The van der Waals surface area contributed by atoms with Crippen LogP contribution in [0.15, 0.2) is 30.3 Å². The van der Waals surface area contributed by atoms with E-state index in [0.29, 0.717) is 0 Å². The van der Waals surface area contributed by atoms with E-state index >= 15 is 0 Å². The molecule has 0 heterocycles. The summed E-state index contributed by atoms with van der Waals surface area (Å²) >= 11 is 4.06. The fourth-order valence-corrected chi connectivity index (χ4v) is 3.29. The highest BCUT2D eigenvalue weighted by Crippen LogP contribution is 2.06. The number of primary amides is 1. The lowest BCUT2D eigenvalue weighted by Crippen LogP contribution is -2.58. The Hall–Kier alpha value is -3.12. The molecule has 4 unspecified atom stereocenters. The van der Waals surface area contributed by atoms with Gasteiger partial charge in [-0.1, -0.05) is 44.2 Å². The highest BCUT2D eigenvalue weighted by Gasteiger charge is 2.30. The molecule has 1 rings (SSSR count). The summed E-state index contributed by atoms with van der Waals surface area (Å²) in [6, 6.07) is 4.56. The second kappa shape index (κ2) is 14.2. The minimum atomic E-state index is -1.22. The number of carboxylic acids is 1. The molecule has 1 aromatic carbocycles. The van der Waals surface area contributed by atoms with Gasteiger partial charge in [-0.05, 0) is 24.3 Å². The highest BCUT2D eigenvalue weighted by molar-refractivity contribution is 7.80. The van der Waals surface area contributed by atoms with Crippen molar-refractivity contribution in [2.75, 3.05) is 5.75 Å². The maximum Gasteiger partial charge on any atom is 0.326 e. The maximum atomic E-state index is 12.9. The number of benzene rings is 1. The van der Waals surface area contributed by atoms with Crippen LogP contribution in [0.4, 0.5) is 0 Å². The summed E-state index contributed by atoms with van der Waals surface area (Å²) < 4.78 is 0. The van der Waals surface area contributed by atoms with Gasteiger partial charge in [0.2, 0.25) is 23.6 Å². The fourth-order valence-electron chi connectivity index (χ4n) is 3.03. The second-order valence-corrected chi connectivity index (χ2v) is 8.54. The Balaban J connectivity index is 2.88. The lowest BCUT2D eigenvalue weighted by molar-refractivity contribution is -0.143. The first-order valence-electron chi connectivity index (χ1n) is 10.8. The molecule has 12 heteroatoms. The van der Waals surface area contributed by atoms with E-state index in [0.717, 1.165) is 5.56 Å². The van der Waals surface area contributed by atoms with E-state index in [4.69, 9.17) is 11.5 Å². The Morgan fingerprint density at radius 2 is 1.50 bits per heavy atom. The second-order valence-electron chi connectivity index (χ2n) is 8.17. The summed E-state index contributed by atoms with van der Waals surface area (Å²) in [5.74, 6) is -4.54. The zero-order valence-electron chi connectivity index (χ0n) is 19.2. The van der Waals surface area contributed by atoms with Crippen molar-refractivity contribution in [2.24, 2.45) is 17.4 Å². The molecular formula is C22H33N5O6S. The van der Waals surface area contributed by atoms with E-state index in [1.165, 1.54) is 0 Å². The SMILES string of the molecule is CC(C)C(NC(=O)C(CS)NC(=O)C(CCC(N)=O)NC(=O)C(N)Cc1ccccc1)C(=O)O. The van der Waals surface area contributed by atoms with Crippen LogP contribution in [0.25, 0.3) is 0 Å². The summed E-state index contributed by atoms with van der Waals surface area (Å²) in [5, 5.41) is 16.6. The summed E-state index contributed by atoms with van der Waals surface area (Å²) in [6.07, 6.45) is -0.0850. The van der Waals surface area contributed by atoms with Crippen LogP contribution in [0.1, 0.15) is 32.3 Å². The van der Waals surface area contributed by atoms with Gasteiger partial charge in [-0.15, -0.1) is 0 Å². The first kappa shape index (κ1) is 28.9. The van der Waals surface area contributed by atoms with Crippen LogP contribution < -0.4 is 27.4 Å². The molecular weight excluding hydrogens is 462 g/mol. The molecule has 4 amide bonds. The number of nitrogens with two attached hydrogens (primary N) is 2. The summed E-state index contributed by atoms with van der Waals surface area (Å²) in [4.78, 5) is 60.6. The molecule has 0 aliphatic carbocycles. The molecule has 0 aliphatic heterocycles. The largest absolute Gasteiger partial charge is 0.480 e. The van der Waals surface area contributed by atoms with Crippen molar-refractivity contribution in [3.63, 3.8) is 0 Å². The van der Waals surface area contributed by atoms with Gasteiger partial charge in [0.05, 0.1) is 6.04 Å². The van der Waals surface area contributed by atoms with Crippen molar-refractivity contribution in [3.8, 4) is 0 Å². The van der Waals surface area contributed by atoms with Crippen molar-refractivity contribution >= 4 is 42.2 Å². The van der Waals surface area contributed by atoms with Gasteiger partial charge in [0, 0.05) is 12.2 Å². The van der Waals surface area contributed by atoms with E-state index in [1.807, 2.05) is 18.2 Å². The lowest BCUT2D eigenvalue weighted by atomic mass is 10.0. The molecule has 1 aromatic rings. The number of aliphatic carboxylic acids is 1. The molecule has 0 saturated heterocycles. The Morgan fingerprint density at radius 3 is 2.00 bits per heavy atom. The molecule has 0 saturated carbocycles. The third kappa shape index (κ3) is 9.79. The third-order valence-electron chi connectivity index (χ3n) is 4.99. The van der Waals surface area contributed by atoms with E-state index < -0.39 is 59.7 Å². The zero-order chi connectivity index (χ0) is 25.8. The molecule has 0 radical (unpaired) electrons. The van der Waals surface area contributed by atoms with Crippen molar-refractivity contribution < 1.29 is 29.1 Å². The van der Waals surface area contributed by atoms with Crippen LogP contribution >= 0.6 is 12.6 Å². The number of thiol groups is 1. The molecule has 0 bridgehead atoms. The van der Waals surface area contributed by atoms with Crippen molar-refractivity contribution in [1.82, 2.24) is 16.0 Å². The Kier molecular flexibility index (Phi) is 12.1. The van der Waals surface area contributed by atoms with Crippen LogP contribution in [0, 0.1) is 5.92 Å². The van der Waals surface area contributed by atoms with Crippen molar-refractivity contribution in [2.45, 2.75) is 57.3 Å². The molecule has 4 atom stereocenters. The topological polar surface area (TPSA) is 194 Å². The van der Waals surface area contributed by atoms with Gasteiger partial charge >= 0.3 is 5.97 Å². The van der Waals surface area contributed by atoms with Gasteiger partial charge in [0.1, 0.15) is 18.1 Å². The number of rotatable bonds is 14. The maximum absolute atomic E-state index is 12.9. The number of carbonyl (C=O) groups is 5. The predicted molar refractivity (Wildman–Crippen MR) is 129 cm³/mol.